The van der Waals surface area contributed by atoms with E-state index in [1.165, 1.54) is 69.5 Å². The molecule has 3 rings (SSSR count). The molecule has 6 heteroatoms. The normalized spacial score (nSPS) is 25.7. The van der Waals surface area contributed by atoms with Gasteiger partial charge in [-0.3, -0.25) is 9.89 Å². The Bertz CT molecular complexity index is 455. The second-order valence-corrected chi connectivity index (χ2v) is 9.63. The van der Waals surface area contributed by atoms with Gasteiger partial charge in [0.1, 0.15) is 0 Å². The molecule has 26 heavy (non-hydrogen) atoms. The molecule has 5 nitrogen and oxygen atoms in total. The highest BCUT2D eigenvalue weighted by Gasteiger charge is 2.40. The molecule has 2 N–H and O–H groups in total. The monoisotopic (exact) mass is 382 g/mol. The minimum Gasteiger partial charge on any atom is -0.385 e. The van der Waals surface area contributed by atoms with Crippen molar-refractivity contribution in [3.63, 3.8) is 0 Å². The molecule has 3 fully saturated rings. The lowest BCUT2D eigenvalue weighted by Crippen LogP contribution is -2.58. The van der Waals surface area contributed by atoms with Crippen molar-refractivity contribution in [3.05, 3.63) is 0 Å². The first kappa shape index (κ1) is 20.3. The summed E-state index contributed by atoms with van der Waals surface area (Å²) in [5, 5.41) is 7.31. The molecule has 1 aliphatic heterocycles. The Labute approximate surface area is 164 Å². The van der Waals surface area contributed by atoms with Crippen LogP contribution in [0.2, 0.25) is 0 Å². The smallest absolute Gasteiger partial charge is 0.191 e. The average Bonchev–Trinajstić information content (AvgIpc) is 3.14. The standard InChI is InChI=1S/C20H38N4OS/c1-21-18(22-16-19(6-5-7-19)10-13-25-2)23-17-20(8-3-4-9-20)24-11-14-26-15-12-24/h3-17H2,1-2H3,(H2,21,22,23). The summed E-state index contributed by atoms with van der Waals surface area (Å²) in [5.74, 6) is 3.55. The summed E-state index contributed by atoms with van der Waals surface area (Å²) in [6, 6.07) is 0. The maximum atomic E-state index is 5.32. The maximum Gasteiger partial charge on any atom is 0.191 e. The van der Waals surface area contributed by atoms with Crippen LogP contribution in [0.5, 0.6) is 0 Å². The van der Waals surface area contributed by atoms with Crippen molar-refractivity contribution in [1.82, 2.24) is 15.5 Å². The van der Waals surface area contributed by atoms with Gasteiger partial charge in [0.25, 0.3) is 0 Å². The molecular formula is C20H38N4OS. The summed E-state index contributed by atoms with van der Waals surface area (Å²) in [7, 11) is 3.71. The van der Waals surface area contributed by atoms with Crippen LogP contribution in [0.15, 0.2) is 4.99 Å². The first-order valence-electron chi connectivity index (χ1n) is 10.5. The van der Waals surface area contributed by atoms with Crippen molar-refractivity contribution >= 4 is 17.7 Å². The number of aliphatic imine (C=N–C) groups is 1. The van der Waals surface area contributed by atoms with Crippen LogP contribution in [0.1, 0.15) is 51.4 Å². The van der Waals surface area contributed by atoms with Gasteiger partial charge in [0.15, 0.2) is 5.96 Å². The van der Waals surface area contributed by atoms with Crippen LogP contribution in [0.25, 0.3) is 0 Å². The molecule has 0 radical (unpaired) electrons. The third kappa shape index (κ3) is 4.87. The molecule has 0 spiro atoms. The van der Waals surface area contributed by atoms with Crippen LogP contribution in [0.3, 0.4) is 0 Å². The van der Waals surface area contributed by atoms with E-state index >= 15 is 0 Å². The van der Waals surface area contributed by atoms with E-state index in [0.717, 1.165) is 32.1 Å². The van der Waals surface area contributed by atoms with Crippen molar-refractivity contribution < 1.29 is 4.74 Å². The van der Waals surface area contributed by atoms with Crippen molar-refractivity contribution in [1.29, 1.82) is 0 Å². The summed E-state index contributed by atoms with van der Waals surface area (Å²) in [4.78, 5) is 7.27. The van der Waals surface area contributed by atoms with Gasteiger partial charge >= 0.3 is 0 Å². The zero-order valence-corrected chi connectivity index (χ0v) is 17.6. The highest BCUT2D eigenvalue weighted by atomic mass is 32.2. The minimum atomic E-state index is 0.350. The summed E-state index contributed by atoms with van der Waals surface area (Å²) >= 11 is 2.10. The molecular weight excluding hydrogens is 344 g/mol. The van der Waals surface area contributed by atoms with Crippen LogP contribution < -0.4 is 10.6 Å². The lowest BCUT2D eigenvalue weighted by atomic mass is 9.67. The van der Waals surface area contributed by atoms with E-state index in [-0.39, 0.29) is 0 Å². The van der Waals surface area contributed by atoms with Crippen molar-refractivity contribution in [3.8, 4) is 0 Å². The summed E-state index contributed by atoms with van der Waals surface area (Å²) < 4.78 is 5.32. The zero-order valence-electron chi connectivity index (χ0n) is 16.8. The molecule has 0 aromatic rings. The summed E-state index contributed by atoms with van der Waals surface area (Å²) in [5.41, 5.74) is 0.769. The van der Waals surface area contributed by atoms with E-state index in [2.05, 4.69) is 32.3 Å². The maximum absolute atomic E-state index is 5.32. The van der Waals surface area contributed by atoms with Crippen LogP contribution in [0, 0.1) is 5.41 Å². The molecule has 1 heterocycles. The number of hydrogen-bond donors (Lipinski definition) is 2. The number of nitrogens with zero attached hydrogens (tertiary/aromatic N) is 2. The Morgan fingerprint density at radius 3 is 2.31 bits per heavy atom. The number of guanidine groups is 1. The Kier molecular flexibility index (Phi) is 7.53. The van der Waals surface area contributed by atoms with Crippen molar-refractivity contribution in [2.24, 2.45) is 10.4 Å². The quantitative estimate of drug-likeness (QED) is 0.499. The average molecular weight is 383 g/mol. The predicted molar refractivity (Wildman–Crippen MR) is 112 cm³/mol. The van der Waals surface area contributed by atoms with E-state index in [4.69, 9.17) is 4.74 Å². The van der Waals surface area contributed by atoms with E-state index < -0.39 is 0 Å². The van der Waals surface area contributed by atoms with E-state index in [1.54, 1.807) is 7.11 Å². The molecule has 0 bridgehead atoms. The van der Waals surface area contributed by atoms with E-state index in [0.29, 0.717) is 11.0 Å². The lowest BCUT2D eigenvalue weighted by Gasteiger charge is -2.44. The highest BCUT2D eigenvalue weighted by molar-refractivity contribution is 7.99. The highest BCUT2D eigenvalue weighted by Crippen LogP contribution is 2.43. The van der Waals surface area contributed by atoms with Gasteiger partial charge in [-0.15, -0.1) is 0 Å². The summed E-state index contributed by atoms with van der Waals surface area (Å²) in [6.07, 6.45) is 10.6. The van der Waals surface area contributed by atoms with Gasteiger partial charge in [0.05, 0.1) is 0 Å². The Morgan fingerprint density at radius 2 is 1.73 bits per heavy atom. The number of hydrogen-bond acceptors (Lipinski definition) is 4. The summed E-state index contributed by atoms with van der Waals surface area (Å²) in [6.45, 7) is 5.41. The van der Waals surface area contributed by atoms with Gasteiger partial charge in [-0.05, 0) is 37.5 Å². The third-order valence-electron chi connectivity index (χ3n) is 6.91. The van der Waals surface area contributed by atoms with Gasteiger partial charge in [0, 0.05) is 64.0 Å². The van der Waals surface area contributed by atoms with Crippen LogP contribution >= 0.6 is 11.8 Å². The Morgan fingerprint density at radius 1 is 1.04 bits per heavy atom. The zero-order chi connectivity index (χ0) is 18.3. The van der Waals surface area contributed by atoms with Crippen LogP contribution in [-0.2, 0) is 4.74 Å². The predicted octanol–water partition coefficient (Wildman–Crippen LogP) is 2.72. The van der Waals surface area contributed by atoms with Gasteiger partial charge in [-0.25, -0.2) is 0 Å². The Hall–Kier alpha value is -0.460. The fourth-order valence-corrected chi connectivity index (χ4v) is 5.83. The fourth-order valence-electron chi connectivity index (χ4n) is 4.93. The number of thioether (sulfide) groups is 1. The van der Waals surface area contributed by atoms with Gasteiger partial charge in [0.2, 0.25) is 0 Å². The molecule has 0 amide bonds. The van der Waals surface area contributed by atoms with Gasteiger partial charge in [-0.2, -0.15) is 11.8 Å². The molecule has 0 aromatic carbocycles. The number of ether oxygens (including phenoxy) is 1. The molecule has 3 aliphatic rings. The van der Waals surface area contributed by atoms with Gasteiger partial charge < -0.3 is 15.4 Å². The second-order valence-electron chi connectivity index (χ2n) is 8.41. The van der Waals surface area contributed by atoms with Crippen LogP contribution in [0.4, 0.5) is 0 Å². The van der Waals surface area contributed by atoms with Crippen LogP contribution in [-0.4, -0.2) is 74.8 Å². The Balaban J connectivity index is 1.51. The van der Waals surface area contributed by atoms with Gasteiger partial charge in [-0.1, -0.05) is 19.3 Å². The number of methoxy groups -OCH3 is 1. The fraction of sp³-hybridized carbons (Fsp3) is 0.950. The number of rotatable bonds is 8. The molecule has 0 aromatic heterocycles. The first-order chi connectivity index (χ1) is 12.7. The molecule has 2 saturated carbocycles. The largest absolute Gasteiger partial charge is 0.385 e. The first-order valence-corrected chi connectivity index (χ1v) is 11.6. The lowest BCUT2D eigenvalue weighted by molar-refractivity contribution is 0.0730. The molecule has 150 valence electrons. The molecule has 0 atom stereocenters. The second kappa shape index (κ2) is 9.65. The van der Waals surface area contributed by atoms with E-state index in [1.807, 2.05) is 7.05 Å². The molecule has 2 aliphatic carbocycles. The molecule has 0 unspecified atom stereocenters. The van der Waals surface area contributed by atoms with Crippen molar-refractivity contribution in [2.75, 3.05) is 58.4 Å². The molecule has 1 saturated heterocycles. The van der Waals surface area contributed by atoms with Crippen molar-refractivity contribution in [2.45, 2.75) is 56.9 Å². The SMILES string of the molecule is CN=C(NCC1(CCOC)CCC1)NCC1(N2CCSCC2)CCCC1. The van der Waals surface area contributed by atoms with E-state index in [9.17, 15) is 0 Å². The third-order valence-corrected chi connectivity index (χ3v) is 7.85. The number of nitrogens with one attached hydrogen (secondary N) is 2. The topological polar surface area (TPSA) is 48.9 Å². The minimum absolute atomic E-state index is 0.350.